The van der Waals surface area contributed by atoms with Crippen LogP contribution in [0.4, 0.5) is 5.69 Å². The number of methoxy groups -OCH3 is 1. The Kier molecular flexibility index (Phi) is 4.61. The molecular formula is C17H21NO2. The zero-order chi connectivity index (χ0) is 14.5. The molecule has 0 aliphatic heterocycles. The monoisotopic (exact) mass is 271 g/mol. The molecule has 1 N–H and O–H groups in total. The van der Waals surface area contributed by atoms with Gasteiger partial charge in [-0.1, -0.05) is 30.7 Å². The number of hydrogen-bond donors (Lipinski definition) is 1. The molecule has 1 unspecified atom stereocenters. The van der Waals surface area contributed by atoms with Crippen LogP contribution in [0.25, 0.3) is 0 Å². The molecule has 2 rings (SSSR count). The number of nitrogens with one attached hydrogen (secondary N) is 1. The number of carbonyl (C=O) groups is 1. The zero-order valence-corrected chi connectivity index (χ0v) is 12.3. The first-order valence-corrected chi connectivity index (χ1v) is 6.92. The van der Waals surface area contributed by atoms with Gasteiger partial charge in [-0.2, -0.15) is 0 Å². The highest BCUT2D eigenvalue weighted by Gasteiger charge is 2.14. The summed E-state index contributed by atoms with van der Waals surface area (Å²) < 4.78 is 4.79. The van der Waals surface area contributed by atoms with E-state index in [0.717, 1.165) is 18.5 Å². The van der Waals surface area contributed by atoms with E-state index in [9.17, 15) is 4.79 Å². The molecule has 0 bridgehead atoms. The SMILES string of the molecule is COC(=O)c1ccccc1N/C=C1/CCC(C)=CC1C. The Bertz CT molecular complexity index is 558. The Morgan fingerprint density at radius 1 is 1.35 bits per heavy atom. The molecule has 1 aliphatic carbocycles. The lowest BCUT2D eigenvalue weighted by molar-refractivity contribution is 0.0602. The van der Waals surface area contributed by atoms with Crippen LogP contribution < -0.4 is 5.32 Å². The van der Waals surface area contributed by atoms with Crippen LogP contribution in [0, 0.1) is 5.92 Å². The lowest BCUT2D eigenvalue weighted by Gasteiger charge is -2.20. The second-order valence-electron chi connectivity index (χ2n) is 5.20. The number of anilines is 1. The van der Waals surface area contributed by atoms with E-state index in [2.05, 4.69) is 25.2 Å². The Hall–Kier alpha value is -2.03. The molecule has 1 aliphatic rings. The molecule has 3 nitrogen and oxygen atoms in total. The van der Waals surface area contributed by atoms with Crippen LogP contribution >= 0.6 is 0 Å². The smallest absolute Gasteiger partial charge is 0.339 e. The molecule has 1 aromatic rings. The van der Waals surface area contributed by atoms with Gasteiger partial charge in [0.15, 0.2) is 0 Å². The topological polar surface area (TPSA) is 38.3 Å². The van der Waals surface area contributed by atoms with Crippen LogP contribution in [0.3, 0.4) is 0 Å². The zero-order valence-electron chi connectivity index (χ0n) is 12.3. The van der Waals surface area contributed by atoms with Crippen LogP contribution in [0.15, 0.2) is 47.7 Å². The fourth-order valence-corrected chi connectivity index (χ4v) is 2.46. The van der Waals surface area contributed by atoms with Crippen LogP contribution in [0.2, 0.25) is 0 Å². The molecule has 0 saturated carbocycles. The van der Waals surface area contributed by atoms with Crippen LogP contribution in [-0.2, 0) is 4.74 Å². The van der Waals surface area contributed by atoms with Gasteiger partial charge in [0.25, 0.3) is 0 Å². The maximum absolute atomic E-state index is 11.7. The van der Waals surface area contributed by atoms with Crippen molar-refractivity contribution < 1.29 is 9.53 Å². The quantitative estimate of drug-likeness (QED) is 0.663. The summed E-state index contributed by atoms with van der Waals surface area (Å²) in [6.07, 6.45) is 6.49. The van der Waals surface area contributed by atoms with Gasteiger partial charge in [-0.25, -0.2) is 4.79 Å². The second-order valence-corrected chi connectivity index (χ2v) is 5.20. The van der Waals surface area contributed by atoms with Gasteiger partial charge in [0.05, 0.1) is 18.4 Å². The molecule has 1 aromatic carbocycles. The van der Waals surface area contributed by atoms with Crippen molar-refractivity contribution in [3.05, 3.63) is 53.3 Å². The highest BCUT2D eigenvalue weighted by Crippen LogP contribution is 2.28. The van der Waals surface area contributed by atoms with Gasteiger partial charge in [-0.3, -0.25) is 0 Å². The van der Waals surface area contributed by atoms with E-state index < -0.39 is 0 Å². The first-order chi connectivity index (χ1) is 9.61. The minimum atomic E-state index is -0.320. The molecular weight excluding hydrogens is 250 g/mol. The van der Waals surface area contributed by atoms with E-state index >= 15 is 0 Å². The molecule has 0 amide bonds. The van der Waals surface area contributed by atoms with Crippen molar-refractivity contribution in [1.29, 1.82) is 0 Å². The molecule has 1 atom stereocenters. The molecule has 0 aromatic heterocycles. The first-order valence-electron chi connectivity index (χ1n) is 6.92. The molecule has 20 heavy (non-hydrogen) atoms. The third kappa shape index (κ3) is 3.29. The van der Waals surface area contributed by atoms with E-state index in [1.807, 2.05) is 24.4 Å². The van der Waals surface area contributed by atoms with Gasteiger partial charge in [-0.15, -0.1) is 0 Å². The number of rotatable bonds is 3. The summed E-state index contributed by atoms with van der Waals surface area (Å²) in [5, 5.41) is 3.25. The van der Waals surface area contributed by atoms with Crippen molar-refractivity contribution in [3.63, 3.8) is 0 Å². The third-order valence-corrected chi connectivity index (χ3v) is 3.67. The lowest BCUT2D eigenvalue weighted by atomic mass is 9.88. The number of para-hydroxylation sites is 1. The maximum Gasteiger partial charge on any atom is 0.339 e. The van der Waals surface area contributed by atoms with Crippen LogP contribution in [0.1, 0.15) is 37.0 Å². The van der Waals surface area contributed by atoms with E-state index in [-0.39, 0.29) is 5.97 Å². The predicted octanol–water partition coefficient (Wildman–Crippen LogP) is 4.15. The fourth-order valence-electron chi connectivity index (χ4n) is 2.46. The minimum Gasteiger partial charge on any atom is -0.465 e. The van der Waals surface area contributed by atoms with Gasteiger partial charge in [0, 0.05) is 6.20 Å². The third-order valence-electron chi connectivity index (χ3n) is 3.67. The molecule has 0 spiro atoms. The Morgan fingerprint density at radius 2 is 2.10 bits per heavy atom. The highest BCUT2D eigenvalue weighted by atomic mass is 16.5. The van der Waals surface area contributed by atoms with Crippen molar-refractivity contribution in [2.45, 2.75) is 26.7 Å². The predicted molar refractivity (Wildman–Crippen MR) is 81.6 cm³/mol. The summed E-state index contributed by atoms with van der Waals surface area (Å²) in [5.74, 6) is 0.125. The Labute approximate surface area is 120 Å². The number of allylic oxidation sites excluding steroid dienone is 3. The van der Waals surface area contributed by atoms with E-state index in [0.29, 0.717) is 11.5 Å². The molecule has 0 heterocycles. The van der Waals surface area contributed by atoms with Crippen molar-refractivity contribution >= 4 is 11.7 Å². The van der Waals surface area contributed by atoms with Crippen molar-refractivity contribution in [2.75, 3.05) is 12.4 Å². The number of ether oxygens (including phenoxy) is 1. The average molecular weight is 271 g/mol. The standard InChI is InChI=1S/C17H21NO2/c1-12-8-9-14(13(2)10-12)11-18-16-7-5-4-6-15(16)17(19)20-3/h4-7,10-11,13,18H,8-9H2,1-3H3/b14-11-. The number of hydrogen-bond acceptors (Lipinski definition) is 3. The number of esters is 1. The van der Waals surface area contributed by atoms with Gasteiger partial charge >= 0.3 is 5.97 Å². The minimum absolute atomic E-state index is 0.320. The molecule has 0 fully saturated rings. The lowest BCUT2D eigenvalue weighted by Crippen LogP contribution is -2.08. The summed E-state index contributed by atoms with van der Waals surface area (Å²) >= 11 is 0. The molecule has 0 radical (unpaired) electrons. The summed E-state index contributed by atoms with van der Waals surface area (Å²) in [4.78, 5) is 11.7. The summed E-state index contributed by atoms with van der Waals surface area (Å²) in [6.45, 7) is 4.37. The highest BCUT2D eigenvalue weighted by molar-refractivity contribution is 5.95. The Morgan fingerprint density at radius 3 is 2.80 bits per heavy atom. The van der Waals surface area contributed by atoms with Crippen molar-refractivity contribution in [1.82, 2.24) is 0 Å². The van der Waals surface area contributed by atoms with E-state index in [1.165, 1.54) is 18.3 Å². The maximum atomic E-state index is 11.7. The molecule has 0 saturated heterocycles. The van der Waals surface area contributed by atoms with Gasteiger partial charge in [-0.05, 0) is 43.4 Å². The van der Waals surface area contributed by atoms with Gasteiger partial charge in [0.2, 0.25) is 0 Å². The van der Waals surface area contributed by atoms with Crippen LogP contribution in [-0.4, -0.2) is 13.1 Å². The summed E-state index contributed by atoms with van der Waals surface area (Å²) in [5.41, 5.74) is 4.15. The van der Waals surface area contributed by atoms with E-state index in [1.54, 1.807) is 6.07 Å². The fraction of sp³-hybridized carbons (Fsp3) is 0.353. The Balaban J connectivity index is 2.17. The summed E-state index contributed by atoms with van der Waals surface area (Å²) in [6, 6.07) is 7.39. The average Bonchev–Trinajstić information content (AvgIpc) is 2.46. The van der Waals surface area contributed by atoms with Gasteiger partial charge < -0.3 is 10.1 Å². The van der Waals surface area contributed by atoms with E-state index in [4.69, 9.17) is 4.74 Å². The largest absolute Gasteiger partial charge is 0.465 e. The van der Waals surface area contributed by atoms with Crippen molar-refractivity contribution in [3.8, 4) is 0 Å². The normalized spacial score (nSPS) is 20.4. The number of carbonyl (C=O) groups excluding carboxylic acids is 1. The second kappa shape index (κ2) is 6.42. The molecule has 3 heteroatoms. The van der Waals surface area contributed by atoms with Gasteiger partial charge in [0.1, 0.15) is 0 Å². The van der Waals surface area contributed by atoms with Crippen LogP contribution in [0.5, 0.6) is 0 Å². The first kappa shape index (κ1) is 14.4. The molecule has 106 valence electrons. The van der Waals surface area contributed by atoms with Crippen molar-refractivity contribution in [2.24, 2.45) is 5.92 Å². The summed E-state index contributed by atoms with van der Waals surface area (Å²) in [7, 11) is 1.40. The number of benzene rings is 1.